The van der Waals surface area contributed by atoms with E-state index in [9.17, 15) is 9.59 Å². The molecule has 1 fully saturated rings. The number of halogens is 1. The van der Waals surface area contributed by atoms with Crippen LogP contribution in [0, 0.1) is 0 Å². The van der Waals surface area contributed by atoms with Gasteiger partial charge in [-0.05, 0) is 34.1 Å². The Bertz CT molecular complexity index is 694. The number of aromatic nitrogens is 2. The number of nitrogens with zero attached hydrogens (tertiary/aromatic N) is 3. The minimum atomic E-state index is -0.384. The lowest BCUT2D eigenvalue weighted by atomic mass is 10.2. The number of rotatable bonds is 1. The molecule has 1 aromatic carbocycles. The zero-order valence-corrected chi connectivity index (χ0v) is 11.8. The molecule has 0 saturated carbocycles. The second kappa shape index (κ2) is 4.34. The number of anilines is 1. The van der Waals surface area contributed by atoms with Gasteiger partial charge in [0.15, 0.2) is 0 Å². The number of benzene rings is 1. The first-order chi connectivity index (χ1) is 9.06. The minimum Gasteiger partial charge on any atom is -0.294 e. The van der Waals surface area contributed by atoms with Gasteiger partial charge in [0, 0.05) is 31.1 Å². The predicted molar refractivity (Wildman–Crippen MR) is 73.9 cm³/mol. The van der Waals surface area contributed by atoms with Crippen molar-refractivity contribution in [1.29, 1.82) is 0 Å². The molecule has 1 N–H and O–H groups in total. The second-order valence-corrected chi connectivity index (χ2v) is 5.12. The fourth-order valence-corrected chi connectivity index (χ4v) is 2.55. The number of urea groups is 1. The number of carbonyl (C=O) groups excluding carboxylic acids is 2. The summed E-state index contributed by atoms with van der Waals surface area (Å²) in [6, 6.07) is 5.22. The van der Waals surface area contributed by atoms with E-state index in [4.69, 9.17) is 0 Å². The van der Waals surface area contributed by atoms with E-state index < -0.39 is 0 Å². The number of nitrogens with one attached hydrogen (secondary N) is 1. The molecule has 7 heteroatoms. The maximum atomic E-state index is 11.8. The van der Waals surface area contributed by atoms with Crippen LogP contribution in [0.4, 0.5) is 10.5 Å². The molecule has 0 radical (unpaired) electrons. The van der Waals surface area contributed by atoms with E-state index in [0.29, 0.717) is 13.0 Å². The maximum absolute atomic E-state index is 11.8. The van der Waals surface area contributed by atoms with Crippen LogP contribution in [0.1, 0.15) is 6.42 Å². The number of hydrogen-bond acceptors (Lipinski definition) is 3. The molecule has 3 rings (SSSR count). The van der Waals surface area contributed by atoms with Crippen LogP contribution < -0.4 is 10.2 Å². The first-order valence-corrected chi connectivity index (χ1v) is 6.59. The lowest BCUT2D eigenvalue weighted by molar-refractivity contribution is -0.120. The summed E-state index contributed by atoms with van der Waals surface area (Å²) in [6.45, 7) is 0.393. The molecule has 2 aromatic rings. The van der Waals surface area contributed by atoms with Crippen molar-refractivity contribution in [3.8, 4) is 0 Å². The number of carbonyl (C=O) groups is 2. The van der Waals surface area contributed by atoms with Crippen LogP contribution in [0.2, 0.25) is 0 Å². The fraction of sp³-hybridized carbons (Fsp3) is 0.250. The summed E-state index contributed by atoms with van der Waals surface area (Å²) in [4.78, 5) is 24.4. The van der Waals surface area contributed by atoms with Crippen LogP contribution in [-0.4, -0.2) is 28.3 Å². The highest BCUT2D eigenvalue weighted by Gasteiger charge is 2.24. The molecule has 1 aliphatic rings. The van der Waals surface area contributed by atoms with E-state index in [0.717, 1.165) is 21.2 Å². The van der Waals surface area contributed by atoms with E-state index in [1.54, 1.807) is 9.58 Å². The molecule has 1 aliphatic heterocycles. The van der Waals surface area contributed by atoms with E-state index in [1.165, 1.54) is 0 Å². The van der Waals surface area contributed by atoms with Gasteiger partial charge in [0.1, 0.15) is 4.60 Å². The Morgan fingerprint density at radius 2 is 2.16 bits per heavy atom. The van der Waals surface area contributed by atoms with Gasteiger partial charge in [0.25, 0.3) is 0 Å². The zero-order chi connectivity index (χ0) is 13.6. The Labute approximate surface area is 117 Å². The van der Waals surface area contributed by atoms with Gasteiger partial charge in [-0.15, -0.1) is 0 Å². The molecule has 6 nitrogen and oxygen atoms in total. The van der Waals surface area contributed by atoms with Crippen molar-refractivity contribution in [3.63, 3.8) is 0 Å². The van der Waals surface area contributed by atoms with E-state index in [-0.39, 0.29) is 11.9 Å². The van der Waals surface area contributed by atoms with Gasteiger partial charge in [-0.3, -0.25) is 19.7 Å². The third-order valence-corrected chi connectivity index (χ3v) is 4.05. The molecule has 0 spiro atoms. The molecular formula is C12H11BrN4O2. The Balaban J connectivity index is 2.01. The molecule has 3 amide bonds. The lowest BCUT2D eigenvalue weighted by Crippen LogP contribution is -2.49. The van der Waals surface area contributed by atoms with E-state index in [1.807, 2.05) is 25.2 Å². The number of amides is 3. The molecule has 0 bridgehead atoms. The standard InChI is InChI=1S/C12H11BrN4O2/c1-16-11(13)8-3-2-7(6-9(8)15-16)17-5-4-10(18)14-12(17)19/h2-3,6H,4-5H2,1H3,(H,14,18,19). The predicted octanol–water partition coefficient (Wildman–Crippen LogP) is 1.78. The van der Waals surface area contributed by atoms with Crippen molar-refractivity contribution >= 4 is 44.5 Å². The summed E-state index contributed by atoms with van der Waals surface area (Å²) in [5.41, 5.74) is 1.54. The Morgan fingerprint density at radius 3 is 2.89 bits per heavy atom. The summed E-state index contributed by atoms with van der Waals surface area (Å²) in [6.07, 6.45) is 0.315. The van der Waals surface area contributed by atoms with Crippen LogP contribution in [0.3, 0.4) is 0 Å². The van der Waals surface area contributed by atoms with Gasteiger partial charge in [0.05, 0.1) is 5.52 Å². The number of aryl methyl sites for hydroxylation is 1. The molecule has 1 saturated heterocycles. The number of imide groups is 1. The van der Waals surface area contributed by atoms with Gasteiger partial charge in [-0.25, -0.2) is 4.79 Å². The SMILES string of the molecule is Cn1nc2cc(N3CCC(=O)NC3=O)ccc2c1Br. The van der Waals surface area contributed by atoms with Gasteiger partial charge in [0.2, 0.25) is 5.91 Å². The van der Waals surface area contributed by atoms with Crippen LogP contribution in [-0.2, 0) is 11.8 Å². The Kier molecular flexibility index (Phi) is 2.78. The molecule has 1 aromatic heterocycles. The highest BCUT2D eigenvalue weighted by atomic mass is 79.9. The summed E-state index contributed by atoms with van der Waals surface area (Å²) < 4.78 is 2.63. The lowest BCUT2D eigenvalue weighted by Gasteiger charge is -2.26. The average molecular weight is 323 g/mol. The molecule has 0 unspecified atom stereocenters. The van der Waals surface area contributed by atoms with E-state index >= 15 is 0 Å². The quantitative estimate of drug-likeness (QED) is 0.870. The summed E-state index contributed by atoms with van der Waals surface area (Å²) in [7, 11) is 1.84. The van der Waals surface area contributed by atoms with Crippen LogP contribution >= 0.6 is 15.9 Å². The summed E-state index contributed by atoms with van der Waals surface area (Å²) in [5, 5.41) is 7.64. The number of hydrogen-bond donors (Lipinski definition) is 1. The van der Waals surface area contributed by atoms with Crippen molar-refractivity contribution in [2.75, 3.05) is 11.4 Å². The van der Waals surface area contributed by atoms with Gasteiger partial charge < -0.3 is 0 Å². The third kappa shape index (κ3) is 1.99. The molecular weight excluding hydrogens is 312 g/mol. The topological polar surface area (TPSA) is 67.2 Å². The first kappa shape index (κ1) is 12.2. The fourth-order valence-electron chi connectivity index (χ4n) is 2.14. The normalized spacial score (nSPS) is 16.0. The third-order valence-electron chi connectivity index (χ3n) is 3.11. The molecule has 0 atom stereocenters. The van der Waals surface area contributed by atoms with Crippen molar-refractivity contribution in [2.24, 2.45) is 7.05 Å². The van der Waals surface area contributed by atoms with Crippen LogP contribution in [0.25, 0.3) is 10.9 Å². The monoisotopic (exact) mass is 322 g/mol. The van der Waals surface area contributed by atoms with Gasteiger partial charge in [-0.1, -0.05) is 0 Å². The maximum Gasteiger partial charge on any atom is 0.328 e. The van der Waals surface area contributed by atoms with Crippen molar-refractivity contribution in [3.05, 3.63) is 22.8 Å². The van der Waals surface area contributed by atoms with Crippen LogP contribution in [0.15, 0.2) is 22.8 Å². The molecule has 98 valence electrons. The molecule has 0 aliphatic carbocycles. The Hall–Kier alpha value is -1.89. The number of fused-ring (bicyclic) bond motifs is 1. The van der Waals surface area contributed by atoms with Crippen molar-refractivity contribution in [1.82, 2.24) is 15.1 Å². The highest BCUT2D eigenvalue weighted by molar-refractivity contribution is 9.10. The van der Waals surface area contributed by atoms with E-state index in [2.05, 4.69) is 26.3 Å². The second-order valence-electron chi connectivity index (χ2n) is 4.37. The van der Waals surface area contributed by atoms with Crippen molar-refractivity contribution in [2.45, 2.75) is 6.42 Å². The molecule has 2 heterocycles. The minimum absolute atomic E-state index is 0.233. The average Bonchev–Trinajstić information content (AvgIpc) is 2.64. The summed E-state index contributed by atoms with van der Waals surface area (Å²) in [5.74, 6) is -0.233. The van der Waals surface area contributed by atoms with Gasteiger partial charge in [-0.2, -0.15) is 5.10 Å². The smallest absolute Gasteiger partial charge is 0.294 e. The highest BCUT2D eigenvalue weighted by Crippen LogP contribution is 2.27. The summed E-state index contributed by atoms with van der Waals surface area (Å²) >= 11 is 3.45. The Morgan fingerprint density at radius 1 is 1.37 bits per heavy atom. The first-order valence-electron chi connectivity index (χ1n) is 5.80. The van der Waals surface area contributed by atoms with Gasteiger partial charge >= 0.3 is 6.03 Å². The zero-order valence-electron chi connectivity index (χ0n) is 10.2. The molecule has 19 heavy (non-hydrogen) atoms. The van der Waals surface area contributed by atoms with Crippen molar-refractivity contribution < 1.29 is 9.59 Å². The largest absolute Gasteiger partial charge is 0.328 e. The van der Waals surface area contributed by atoms with Crippen LogP contribution in [0.5, 0.6) is 0 Å².